The van der Waals surface area contributed by atoms with E-state index in [1.807, 2.05) is 13.1 Å². The van der Waals surface area contributed by atoms with Crippen LogP contribution in [0.3, 0.4) is 0 Å². The fourth-order valence-corrected chi connectivity index (χ4v) is 1.80. The van der Waals surface area contributed by atoms with Crippen molar-refractivity contribution in [3.63, 3.8) is 0 Å². The number of nitrogens with zero attached hydrogens (tertiary/aromatic N) is 2. The zero-order valence-electron chi connectivity index (χ0n) is 11.3. The van der Waals surface area contributed by atoms with E-state index < -0.39 is 18.2 Å². The van der Waals surface area contributed by atoms with Crippen molar-refractivity contribution < 1.29 is 17.9 Å². The molecule has 2 aromatic rings. The smallest absolute Gasteiger partial charge is 0.387 e. The van der Waals surface area contributed by atoms with E-state index >= 15 is 0 Å². The molecule has 5 nitrogen and oxygen atoms in total. The summed E-state index contributed by atoms with van der Waals surface area (Å²) in [5.41, 5.74) is 7.11. The highest BCUT2D eigenvalue weighted by Crippen LogP contribution is 2.29. The molecule has 0 amide bonds. The van der Waals surface area contributed by atoms with Crippen molar-refractivity contribution in [2.75, 3.05) is 17.6 Å². The molecule has 3 N–H and O–H groups in total. The summed E-state index contributed by atoms with van der Waals surface area (Å²) >= 11 is 0. The number of nitrogen functional groups attached to an aromatic ring is 1. The first-order valence-corrected chi connectivity index (χ1v) is 6.22. The highest BCUT2D eigenvalue weighted by atomic mass is 19.3. The minimum atomic E-state index is -3.09. The van der Waals surface area contributed by atoms with Crippen molar-refractivity contribution in [3.8, 4) is 5.75 Å². The van der Waals surface area contributed by atoms with Crippen LogP contribution in [0.15, 0.2) is 24.5 Å². The second-order valence-corrected chi connectivity index (χ2v) is 4.46. The molecule has 0 unspecified atom stereocenters. The molecule has 21 heavy (non-hydrogen) atoms. The normalized spacial score (nSPS) is 10.9. The molecule has 0 atom stereocenters. The maximum absolute atomic E-state index is 13.4. The van der Waals surface area contributed by atoms with Gasteiger partial charge in [-0.05, 0) is 12.5 Å². The van der Waals surface area contributed by atoms with E-state index in [2.05, 4.69) is 15.2 Å². The third-order valence-corrected chi connectivity index (χ3v) is 2.74. The zero-order valence-corrected chi connectivity index (χ0v) is 11.3. The molecule has 1 aromatic carbocycles. The first-order valence-electron chi connectivity index (χ1n) is 6.22. The molecular weight excluding hydrogens is 285 g/mol. The molecule has 0 saturated heterocycles. The van der Waals surface area contributed by atoms with Gasteiger partial charge in [0, 0.05) is 24.9 Å². The fraction of sp³-hybridized carbons (Fsp3) is 0.308. The zero-order chi connectivity index (χ0) is 15.4. The Morgan fingerprint density at radius 1 is 1.43 bits per heavy atom. The number of alkyl halides is 2. The Hall–Kier alpha value is -2.38. The molecule has 2 rings (SSSR count). The summed E-state index contributed by atoms with van der Waals surface area (Å²) in [7, 11) is 0. The average Bonchev–Trinajstić information content (AvgIpc) is 2.80. The van der Waals surface area contributed by atoms with E-state index in [1.165, 1.54) is 0 Å². The number of halogens is 3. The monoisotopic (exact) mass is 300 g/mol. The quantitative estimate of drug-likeness (QED) is 0.805. The number of nitrogens with two attached hydrogens (primary N) is 1. The number of benzene rings is 1. The molecule has 0 aliphatic carbocycles. The predicted octanol–water partition coefficient (Wildman–Crippen LogP) is 2.63. The van der Waals surface area contributed by atoms with E-state index in [1.54, 1.807) is 10.9 Å². The third kappa shape index (κ3) is 4.04. The van der Waals surface area contributed by atoms with Crippen molar-refractivity contribution >= 4 is 11.4 Å². The van der Waals surface area contributed by atoms with Crippen molar-refractivity contribution in [1.82, 2.24) is 9.78 Å². The molecule has 0 fully saturated rings. The van der Waals surface area contributed by atoms with Crippen molar-refractivity contribution in [3.05, 3.63) is 35.9 Å². The summed E-state index contributed by atoms with van der Waals surface area (Å²) in [6.45, 7) is -0.174. The van der Waals surface area contributed by atoms with Gasteiger partial charge in [0.15, 0.2) is 11.6 Å². The Morgan fingerprint density at radius 2 is 2.19 bits per heavy atom. The van der Waals surface area contributed by atoms with E-state index in [-0.39, 0.29) is 5.69 Å². The number of rotatable bonds is 6. The van der Waals surface area contributed by atoms with Gasteiger partial charge in [0.1, 0.15) is 0 Å². The number of anilines is 2. The van der Waals surface area contributed by atoms with Crippen molar-refractivity contribution in [1.29, 1.82) is 0 Å². The van der Waals surface area contributed by atoms with Gasteiger partial charge in [-0.15, -0.1) is 0 Å². The van der Waals surface area contributed by atoms with Gasteiger partial charge in [-0.1, -0.05) is 0 Å². The fourth-order valence-electron chi connectivity index (χ4n) is 1.80. The minimum Gasteiger partial charge on any atom is -0.432 e. The number of hydrogen-bond donors (Lipinski definition) is 2. The van der Waals surface area contributed by atoms with Gasteiger partial charge in [0.25, 0.3) is 0 Å². The molecule has 0 bridgehead atoms. The van der Waals surface area contributed by atoms with Crippen LogP contribution in [-0.4, -0.2) is 22.9 Å². The molecule has 1 heterocycles. The Bertz CT molecular complexity index is 615. The van der Waals surface area contributed by atoms with Gasteiger partial charge in [-0.2, -0.15) is 13.9 Å². The summed E-state index contributed by atoms with van der Waals surface area (Å²) in [4.78, 5) is 0. The van der Waals surface area contributed by atoms with Crippen LogP contribution in [0.1, 0.15) is 5.56 Å². The lowest BCUT2D eigenvalue weighted by Crippen LogP contribution is -2.12. The Balaban J connectivity index is 2.01. The van der Waals surface area contributed by atoms with E-state index in [0.717, 1.165) is 17.7 Å². The molecule has 0 spiro atoms. The summed E-state index contributed by atoms with van der Waals surface area (Å²) in [6.07, 6.45) is 3.59. The first kappa shape index (κ1) is 15.0. The van der Waals surface area contributed by atoms with Gasteiger partial charge in [-0.3, -0.25) is 4.68 Å². The Labute approximate surface area is 119 Å². The predicted molar refractivity (Wildman–Crippen MR) is 72.9 cm³/mol. The molecule has 0 radical (unpaired) electrons. The van der Waals surface area contributed by atoms with Crippen molar-refractivity contribution in [2.24, 2.45) is 0 Å². The highest BCUT2D eigenvalue weighted by Gasteiger charge is 2.13. The summed E-state index contributed by atoms with van der Waals surface area (Å²) in [6, 6.07) is 2.06. The van der Waals surface area contributed by atoms with Gasteiger partial charge in [0.05, 0.1) is 24.1 Å². The van der Waals surface area contributed by atoms with Gasteiger partial charge in [-0.25, -0.2) is 4.39 Å². The number of hydrogen-bond acceptors (Lipinski definition) is 4. The SMILES string of the molecule is Cc1cnn(CCNc2cc(OC(F)F)c(F)cc2N)c1. The van der Waals surface area contributed by atoms with E-state index in [0.29, 0.717) is 18.8 Å². The maximum Gasteiger partial charge on any atom is 0.387 e. The maximum atomic E-state index is 13.4. The lowest BCUT2D eigenvalue weighted by molar-refractivity contribution is -0.0521. The topological polar surface area (TPSA) is 65.1 Å². The summed E-state index contributed by atoms with van der Waals surface area (Å²) < 4.78 is 43.5. The van der Waals surface area contributed by atoms with Crippen LogP contribution >= 0.6 is 0 Å². The van der Waals surface area contributed by atoms with Crippen LogP contribution in [0.5, 0.6) is 5.75 Å². The second-order valence-electron chi connectivity index (χ2n) is 4.46. The lowest BCUT2D eigenvalue weighted by Gasteiger charge is -2.13. The molecular formula is C13H15F3N4O. The second kappa shape index (κ2) is 6.38. The van der Waals surface area contributed by atoms with E-state index in [9.17, 15) is 13.2 Å². The van der Waals surface area contributed by atoms with Gasteiger partial charge < -0.3 is 15.8 Å². The number of ether oxygens (including phenoxy) is 1. The molecule has 1 aromatic heterocycles. The number of aryl methyl sites for hydroxylation is 1. The molecule has 0 aliphatic rings. The molecule has 114 valence electrons. The summed E-state index contributed by atoms with van der Waals surface area (Å²) in [5, 5.41) is 7.04. The third-order valence-electron chi connectivity index (χ3n) is 2.74. The Kier molecular flexibility index (Phi) is 4.56. The average molecular weight is 300 g/mol. The number of aromatic nitrogens is 2. The number of nitrogens with one attached hydrogen (secondary N) is 1. The highest BCUT2D eigenvalue weighted by molar-refractivity contribution is 5.68. The van der Waals surface area contributed by atoms with Crippen LogP contribution in [0.25, 0.3) is 0 Å². The van der Waals surface area contributed by atoms with Crippen LogP contribution in [0, 0.1) is 12.7 Å². The van der Waals surface area contributed by atoms with Crippen LogP contribution < -0.4 is 15.8 Å². The van der Waals surface area contributed by atoms with Gasteiger partial charge in [0.2, 0.25) is 0 Å². The lowest BCUT2D eigenvalue weighted by atomic mass is 10.2. The molecule has 0 saturated carbocycles. The standard InChI is InChI=1S/C13H15F3N4O/c1-8-6-19-20(7-8)3-2-18-11-5-12(21-13(15)16)9(14)4-10(11)17/h4-7,13,18H,2-3,17H2,1H3. The molecule has 0 aliphatic heterocycles. The van der Waals surface area contributed by atoms with Crippen LogP contribution in [-0.2, 0) is 6.54 Å². The summed E-state index contributed by atoms with van der Waals surface area (Å²) in [5.74, 6) is -1.47. The largest absolute Gasteiger partial charge is 0.432 e. The molecule has 8 heteroatoms. The van der Waals surface area contributed by atoms with Gasteiger partial charge >= 0.3 is 6.61 Å². The first-order chi connectivity index (χ1) is 9.95. The van der Waals surface area contributed by atoms with Crippen molar-refractivity contribution in [2.45, 2.75) is 20.1 Å². The van der Waals surface area contributed by atoms with Crippen LogP contribution in [0.4, 0.5) is 24.5 Å². The Morgan fingerprint density at radius 3 is 2.81 bits per heavy atom. The van der Waals surface area contributed by atoms with Crippen LogP contribution in [0.2, 0.25) is 0 Å². The van der Waals surface area contributed by atoms with E-state index in [4.69, 9.17) is 5.73 Å². The minimum absolute atomic E-state index is 0.116.